The minimum absolute atomic E-state index is 0.157. The van der Waals surface area contributed by atoms with E-state index in [9.17, 15) is 8.42 Å². The maximum absolute atomic E-state index is 10.9. The zero-order valence-electron chi connectivity index (χ0n) is 10.7. The quantitative estimate of drug-likeness (QED) is 0.702. The van der Waals surface area contributed by atoms with Gasteiger partial charge in [-0.1, -0.05) is 0 Å². The van der Waals surface area contributed by atoms with E-state index in [-0.39, 0.29) is 6.04 Å². The Labute approximate surface area is 102 Å². The van der Waals surface area contributed by atoms with Gasteiger partial charge in [0.2, 0.25) is 10.0 Å². The molecule has 2 N–H and O–H groups in total. The Morgan fingerprint density at radius 2 is 2.12 bits per heavy atom. The summed E-state index contributed by atoms with van der Waals surface area (Å²) in [6, 6.07) is 0.157. The molecule has 1 atom stereocenters. The molecular formula is C10H20N4O2S. The molecule has 0 radical (unpaired) electrons. The lowest BCUT2D eigenvalue weighted by Gasteiger charge is -2.12. The molecule has 98 valence electrons. The molecule has 0 fully saturated rings. The van der Waals surface area contributed by atoms with Crippen molar-refractivity contribution in [1.29, 1.82) is 0 Å². The van der Waals surface area contributed by atoms with Crippen molar-refractivity contribution in [3.63, 3.8) is 0 Å². The number of aryl methyl sites for hydroxylation is 2. The van der Waals surface area contributed by atoms with Crippen molar-refractivity contribution < 1.29 is 8.42 Å². The fourth-order valence-electron chi connectivity index (χ4n) is 1.68. The number of sulfonamides is 1. The van der Waals surface area contributed by atoms with Crippen molar-refractivity contribution in [3.05, 3.63) is 17.5 Å². The first-order valence-corrected chi connectivity index (χ1v) is 7.37. The maximum atomic E-state index is 10.9. The van der Waals surface area contributed by atoms with Gasteiger partial charge in [-0.2, -0.15) is 5.10 Å². The largest absolute Gasteiger partial charge is 0.309 e. The van der Waals surface area contributed by atoms with E-state index in [0.717, 1.165) is 17.5 Å². The van der Waals surface area contributed by atoms with Crippen LogP contribution in [0.1, 0.15) is 24.2 Å². The van der Waals surface area contributed by atoms with Crippen LogP contribution in [0.4, 0.5) is 0 Å². The number of aromatic nitrogens is 2. The van der Waals surface area contributed by atoms with Crippen molar-refractivity contribution in [2.45, 2.75) is 19.9 Å². The first-order chi connectivity index (χ1) is 7.79. The van der Waals surface area contributed by atoms with Crippen LogP contribution in [-0.4, -0.2) is 37.5 Å². The summed E-state index contributed by atoms with van der Waals surface area (Å²) in [6.07, 6.45) is 3.12. The molecule has 0 aliphatic carbocycles. The van der Waals surface area contributed by atoms with E-state index in [1.807, 2.05) is 27.1 Å². The molecule has 1 aromatic rings. The predicted molar refractivity (Wildman–Crippen MR) is 67.2 cm³/mol. The van der Waals surface area contributed by atoms with E-state index in [1.165, 1.54) is 0 Å². The maximum Gasteiger partial charge on any atom is 0.208 e. The molecule has 1 aromatic heterocycles. The standard InChI is InChI=1S/C10H20N4O2S/c1-8(10-7-14(3)13-9(10)2)11-5-6-12-17(4,15)16/h7-8,11-12H,5-6H2,1-4H3. The average molecular weight is 260 g/mol. The first kappa shape index (κ1) is 14.1. The summed E-state index contributed by atoms with van der Waals surface area (Å²) in [5, 5.41) is 7.51. The van der Waals surface area contributed by atoms with Crippen molar-refractivity contribution in [2.24, 2.45) is 7.05 Å². The Morgan fingerprint density at radius 1 is 1.47 bits per heavy atom. The van der Waals surface area contributed by atoms with Gasteiger partial charge < -0.3 is 5.32 Å². The van der Waals surface area contributed by atoms with E-state index < -0.39 is 10.0 Å². The summed E-state index contributed by atoms with van der Waals surface area (Å²) in [7, 11) is -1.21. The molecule has 6 nitrogen and oxygen atoms in total. The van der Waals surface area contributed by atoms with E-state index in [0.29, 0.717) is 13.1 Å². The summed E-state index contributed by atoms with van der Waals surface area (Å²) < 4.78 is 25.9. The number of nitrogens with one attached hydrogen (secondary N) is 2. The first-order valence-electron chi connectivity index (χ1n) is 5.48. The van der Waals surface area contributed by atoms with Gasteiger partial charge in [-0.05, 0) is 13.8 Å². The Kier molecular flexibility index (Phi) is 4.67. The van der Waals surface area contributed by atoms with Gasteiger partial charge in [-0.25, -0.2) is 13.1 Å². The highest BCUT2D eigenvalue weighted by atomic mass is 32.2. The lowest BCUT2D eigenvalue weighted by atomic mass is 10.1. The molecular weight excluding hydrogens is 240 g/mol. The third-order valence-electron chi connectivity index (χ3n) is 2.46. The van der Waals surface area contributed by atoms with E-state index >= 15 is 0 Å². The van der Waals surface area contributed by atoms with Crippen LogP contribution in [0.3, 0.4) is 0 Å². The molecule has 0 aromatic carbocycles. The van der Waals surface area contributed by atoms with Crippen LogP contribution >= 0.6 is 0 Å². The summed E-state index contributed by atoms with van der Waals surface area (Å²) in [6.45, 7) is 4.97. The second-order valence-electron chi connectivity index (χ2n) is 4.19. The Morgan fingerprint density at radius 3 is 2.59 bits per heavy atom. The van der Waals surface area contributed by atoms with Gasteiger partial charge in [-0.15, -0.1) is 0 Å². The fourth-order valence-corrected chi connectivity index (χ4v) is 2.15. The molecule has 7 heteroatoms. The lowest BCUT2D eigenvalue weighted by Crippen LogP contribution is -2.32. The topological polar surface area (TPSA) is 76.0 Å². The van der Waals surface area contributed by atoms with Crippen molar-refractivity contribution in [2.75, 3.05) is 19.3 Å². The zero-order chi connectivity index (χ0) is 13.1. The predicted octanol–water partition coefficient (Wildman–Crippen LogP) is -0.0717. The van der Waals surface area contributed by atoms with Gasteiger partial charge >= 0.3 is 0 Å². The van der Waals surface area contributed by atoms with E-state index in [2.05, 4.69) is 15.1 Å². The third-order valence-corrected chi connectivity index (χ3v) is 3.19. The summed E-state index contributed by atoms with van der Waals surface area (Å²) >= 11 is 0. The second kappa shape index (κ2) is 5.61. The van der Waals surface area contributed by atoms with Crippen LogP contribution in [-0.2, 0) is 17.1 Å². The van der Waals surface area contributed by atoms with Crippen molar-refractivity contribution in [1.82, 2.24) is 19.8 Å². The highest BCUT2D eigenvalue weighted by Gasteiger charge is 2.10. The minimum Gasteiger partial charge on any atom is -0.309 e. The molecule has 0 bridgehead atoms. The van der Waals surface area contributed by atoms with E-state index in [1.54, 1.807) is 4.68 Å². The lowest BCUT2D eigenvalue weighted by molar-refractivity contribution is 0.555. The molecule has 1 heterocycles. The molecule has 1 rings (SSSR count). The van der Waals surface area contributed by atoms with Gasteiger partial charge in [0.15, 0.2) is 0 Å². The molecule has 0 aliphatic rings. The molecule has 0 spiro atoms. The number of nitrogens with zero attached hydrogens (tertiary/aromatic N) is 2. The van der Waals surface area contributed by atoms with Crippen LogP contribution in [0.25, 0.3) is 0 Å². The molecule has 0 saturated heterocycles. The fraction of sp³-hybridized carbons (Fsp3) is 0.700. The SMILES string of the molecule is Cc1nn(C)cc1C(C)NCCNS(C)(=O)=O. The molecule has 17 heavy (non-hydrogen) atoms. The van der Waals surface area contributed by atoms with Crippen LogP contribution in [0.5, 0.6) is 0 Å². The van der Waals surface area contributed by atoms with E-state index in [4.69, 9.17) is 0 Å². The minimum atomic E-state index is -3.10. The van der Waals surface area contributed by atoms with Gasteiger partial charge in [0.25, 0.3) is 0 Å². The highest BCUT2D eigenvalue weighted by Crippen LogP contribution is 2.14. The van der Waals surface area contributed by atoms with Crippen molar-refractivity contribution in [3.8, 4) is 0 Å². The van der Waals surface area contributed by atoms with Crippen LogP contribution in [0.15, 0.2) is 6.20 Å². The van der Waals surface area contributed by atoms with Crippen LogP contribution in [0.2, 0.25) is 0 Å². The second-order valence-corrected chi connectivity index (χ2v) is 6.02. The summed E-state index contributed by atoms with van der Waals surface area (Å²) in [5.74, 6) is 0. The van der Waals surface area contributed by atoms with Crippen molar-refractivity contribution >= 4 is 10.0 Å². The molecule has 0 saturated carbocycles. The molecule has 0 aliphatic heterocycles. The summed E-state index contributed by atoms with van der Waals surface area (Å²) in [4.78, 5) is 0. The van der Waals surface area contributed by atoms with Gasteiger partial charge in [0.05, 0.1) is 11.9 Å². The molecule has 0 amide bonds. The Balaban J connectivity index is 2.40. The van der Waals surface area contributed by atoms with Crippen LogP contribution < -0.4 is 10.0 Å². The smallest absolute Gasteiger partial charge is 0.208 e. The monoisotopic (exact) mass is 260 g/mol. The van der Waals surface area contributed by atoms with Gasteiger partial charge in [-0.3, -0.25) is 4.68 Å². The Bertz CT molecular complexity index is 467. The van der Waals surface area contributed by atoms with Gasteiger partial charge in [0, 0.05) is 37.9 Å². The normalized spacial score (nSPS) is 13.9. The third kappa shape index (κ3) is 4.84. The number of hydrogen-bond acceptors (Lipinski definition) is 4. The highest BCUT2D eigenvalue weighted by molar-refractivity contribution is 7.88. The molecule has 1 unspecified atom stereocenters. The number of rotatable bonds is 6. The zero-order valence-corrected chi connectivity index (χ0v) is 11.5. The summed E-state index contributed by atoms with van der Waals surface area (Å²) in [5.41, 5.74) is 2.12. The Hall–Kier alpha value is -0.920. The van der Waals surface area contributed by atoms with Gasteiger partial charge in [0.1, 0.15) is 0 Å². The number of hydrogen-bond donors (Lipinski definition) is 2. The van der Waals surface area contributed by atoms with Crippen LogP contribution in [0, 0.1) is 6.92 Å². The average Bonchev–Trinajstić information content (AvgIpc) is 2.51.